The fourth-order valence-electron chi connectivity index (χ4n) is 0.609. The van der Waals surface area contributed by atoms with Crippen molar-refractivity contribution in [2.45, 2.75) is 12.8 Å². The molecule has 72 valence electrons. The molecule has 0 spiro atoms. The molecule has 0 fully saturated rings. The lowest BCUT2D eigenvalue weighted by atomic mass is 10.1. The summed E-state index contributed by atoms with van der Waals surface area (Å²) in [6.07, 6.45) is -0.295. The van der Waals surface area contributed by atoms with E-state index in [1.54, 1.807) is 0 Å². The minimum Gasteiger partial charge on any atom is -0.481 e. The maximum atomic E-state index is 10.3. The largest absolute Gasteiger partial charge is 0.481 e. The lowest BCUT2D eigenvalue weighted by Gasteiger charge is -1.96. The Morgan fingerprint density at radius 1 is 1.00 bits per heavy atom. The van der Waals surface area contributed by atoms with Crippen molar-refractivity contribution in [2.75, 3.05) is 0 Å². The lowest BCUT2D eigenvalue weighted by molar-refractivity contribution is -0.140. The monoisotopic (exact) mass is 188 g/mol. The second kappa shape index (κ2) is 4.91. The number of hydrogen-bond donors (Lipinski definition) is 3. The molecule has 0 radical (unpaired) electrons. The van der Waals surface area contributed by atoms with Gasteiger partial charge in [0, 0.05) is 5.57 Å². The zero-order valence-electron chi connectivity index (χ0n) is 6.56. The van der Waals surface area contributed by atoms with Crippen LogP contribution >= 0.6 is 0 Å². The van der Waals surface area contributed by atoms with Gasteiger partial charge in [-0.25, -0.2) is 4.79 Å². The minimum atomic E-state index is -1.41. The van der Waals surface area contributed by atoms with Crippen LogP contribution in [0, 0.1) is 0 Å². The topological polar surface area (TPSA) is 112 Å². The number of hydrogen-bond acceptors (Lipinski definition) is 3. The van der Waals surface area contributed by atoms with Crippen LogP contribution in [0.1, 0.15) is 12.8 Å². The van der Waals surface area contributed by atoms with Crippen LogP contribution in [-0.4, -0.2) is 33.2 Å². The van der Waals surface area contributed by atoms with Gasteiger partial charge >= 0.3 is 17.9 Å². The molecule has 0 bridgehead atoms. The summed E-state index contributed by atoms with van der Waals surface area (Å²) in [5.74, 6) is -3.92. The molecule has 0 aliphatic carbocycles. The molecule has 0 heterocycles. The molecule has 0 saturated heterocycles. The van der Waals surface area contributed by atoms with Crippen LogP contribution in [0.25, 0.3) is 0 Å². The summed E-state index contributed by atoms with van der Waals surface area (Å²) < 4.78 is 0. The van der Waals surface area contributed by atoms with Crippen LogP contribution in [0.15, 0.2) is 11.6 Å². The number of carbonyl (C=O) groups is 3. The predicted molar refractivity (Wildman–Crippen MR) is 40.2 cm³/mol. The van der Waals surface area contributed by atoms with Crippen molar-refractivity contribution in [1.82, 2.24) is 0 Å². The van der Waals surface area contributed by atoms with Crippen LogP contribution in [0.2, 0.25) is 0 Å². The molecule has 0 rings (SSSR count). The highest BCUT2D eigenvalue weighted by molar-refractivity contribution is 5.92. The van der Waals surface area contributed by atoms with Crippen molar-refractivity contribution in [2.24, 2.45) is 0 Å². The molecule has 13 heavy (non-hydrogen) atoms. The van der Waals surface area contributed by atoms with Gasteiger partial charge in [0.15, 0.2) is 0 Å². The highest BCUT2D eigenvalue weighted by Gasteiger charge is 2.11. The lowest BCUT2D eigenvalue weighted by Crippen LogP contribution is -2.07. The van der Waals surface area contributed by atoms with Crippen molar-refractivity contribution in [1.29, 1.82) is 0 Å². The van der Waals surface area contributed by atoms with E-state index in [1.807, 2.05) is 0 Å². The standard InChI is InChI=1S/C7H8O6/c8-5(9)2-1-4(7(12)13)3-6(10)11/h1H,2-3H2,(H,8,9)(H,10,11)(H,12,13)/b4-1-. The van der Waals surface area contributed by atoms with Crippen LogP contribution in [0.5, 0.6) is 0 Å². The van der Waals surface area contributed by atoms with E-state index in [2.05, 4.69) is 0 Å². The van der Waals surface area contributed by atoms with Gasteiger partial charge in [-0.05, 0) is 0 Å². The van der Waals surface area contributed by atoms with Gasteiger partial charge in [0.05, 0.1) is 12.8 Å². The Balaban J connectivity index is 4.41. The number of carboxylic acids is 3. The molecule has 0 amide bonds. The Hall–Kier alpha value is -1.85. The zero-order chi connectivity index (χ0) is 10.4. The van der Waals surface area contributed by atoms with Crippen molar-refractivity contribution in [3.63, 3.8) is 0 Å². The van der Waals surface area contributed by atoms with E-state index in [9.17, 15) is 14.4 Å². The van der Waals surface area contributed by atoms with E-state index in [-0.39, 0.29) is 0 Å². The van der Waals surface area contributed by atoms with Crippen LogP contribution < -0.4 is 0 Å². The molecular weight excluding hydrogens is 180 g/mol. The number of carboxylic acid groups (broad SMARTS) is 3. The van der Waals surface area contributed by atoms with E-state index in [0.29, 0.717) is 0 Å². The Morgan fingerprint density at radius 3 is 1.85 bits per heavy atom. The number of aliphatic carboxylic acids is 3. The normalized spacial score (nSPS) is 10.9. The van der Waals surface area contributed by atoms with Gasteiger partial charge in [-0.15, -0.1) is 0 Å². The average molecular weight is 188 g/mol. The molecule has 0 atom stereocenters. The molecule has 3 N–H and O–H groups in total. The third kappa shape index (κ3) is 5.42. The predicted octanol–water partition coefficient (Wildman–Crippen LogP) is -0.0532. The van der Waals surface area contributed by atoms with Gasteiger partial charge in [-0.3, -0.25) is 9.59 Å². The van der Waals surface area contributed by atoms with Gasteiger partial charge in [0.1, 0.15) is 0 Å². The SMILES string of the molecule is O=C(O)C/C=C(/CC(=O)O)C(=O)O. The highest BCUT2D eigenvalue weighted by Crippen LogP contribution is 2.03. The third-order valence-electron chi connectivity index (χ3n) is 1.14. The molecule has 6 nitrogen and oxygen atoms in total. The Labute approximate surface area is 73.1 Å². The van der Waals surface area contributed by atoms with Crippen LogP contribution in [-0.2, 0) is 14.4 Å². The van der Waals surface area contributed by atoms with Crippen molar-refractivity contribution >= 4 is 17.9 Å². The van der Waals surface area contributed by atoms with Gasteiger partial charge in [-0.2, -0.15) is 0 Å². The highest BCUT2D eigenvalue weighted by atomic mass is 16.4. The van der Waals surface area contributed by atoms with Crippen molar-refractivity contribution in [3.8, 4) is 0 Å². The van der Waals surface area contributed by atoms with E-state index in [0.717, 1.165) is 6.08 Å². The molecule has 6 heteroatoms. The average Bonchev–Trinajstić information content (AvgIpc) is 1.96. The summed E-state index contributed by atoms with van der Waals surface area (Å²) in [6, 6.07) is 0. The second-order valence-corrected chi connectivity index (χ2v) is 2.20. The fraction of sp³-hybridized carbons (Fsp3) is 0.286. The molecular formula is C7H8O6. The second-order valence-electron chi connectivity index (χ2n) is 2.20. The summed E-state index contributed by atoms with van der Waals surface area (Å²) in [5, 5.41) is 24.9. The van der Waals surface area contributed by atoms with E-state index >= 15 is 0 Å². The molecule has 0 aromatic carbocycles. The maximum absolute atomic E-state index is 10.3. The van der Waals surface area contributed by atoms with Gasteiger partial charge < -0.3 is 15.3 Å². The smallest absolute Gasteiger partial charge is 0.331 e. The minimum absolute atomic E-state index is 0.421. The van der Waals surface area contributed by atoms with Gasteiger partial charge in [0.2, 0.25) is 0 Å². The molecule has 0 aromatic heterocycles. The first-order chi connectivity index (χ1) is 5.93. The Bertz CT molecular complexity index is 264. The molecule has 0 saturated carbocycles. The Kier molecular flexibility index (Phi) is 4.21. The molecule has 0 aromatic rings. The summed E-state index contributed by atoms with van der Waals surface area (Å²) in [6.45, 7) is 0. The van der Waals surface area contributed by atoms with Crippen LogP contribution in [0.3, 0.4) is 0 Å². The first-order valence-electron chi connectivity index (χ1n) is 3.29. The van der Waals surface area contributed by atoms with Crippen molar-refractivity contribution < 1.29 is 29.7 Å². The number of rotatable bonds is 5. The van der Waals surface area contributed by atoms with E-state index in [1.165, 1.54) is 0 Å². The third-order valence-corrected chi connectivity index (χ3v) is 1.14. The quantitative estimate of drug-likeness (QED) is 0.521. The first-order valence-corrected chi connectivity index (χ1v) is 3.29. The molecule has 0 aliphatic heterocycles. The molecule has 0 unspecified atom stereocenters. The summed E-state index contributed by atoms with van der Waals surface area (Å²) in [5.41, 5.74) is -0.421. The summed E-state index contributed by atoms with van der Waals surface area (Å²) in [7, 11) is 0. The fourth-order valence-corrected chi connectivity index (χ4v) is 0.609. The van der Waals surface area contributed by atoms with Crippen molar-refractivity contribution in [3.05, 3.63) is 11.6 Å². The van der Waals surface area contributed by atoms with Crippen LogP contribution in [0.4, 0.5) is 0 Å². The van der Waals surface area contributed by atoms with Gasteiger partial charge in [-0.1, -0.05) is 6.08 Å². The Morgan fingerprint density at radius 2 is 1.54 bits per heavy atom. The van der Waals surface area contributed by atoms with E-state index in [4.69, 9.17) is 15.3 Å². The maximum Gasteiger partial charge on any atom is 0.331 e. The van der Waals surface area contributed by atoms with Gasteiger partial charge in [0.25, 0.3) is 0 Å². The summed E-state index contributed by atoms with van der Waals surface area (Å²) in [4.78, 5) is 30.5. The first kappa shape index (κ1) is 11.2. The zero-order valence-corrected chi connectivity index (χ0v) is 6.56. The van der Waals surface area contributed by atoms with E-state index < -0.39 is 36.3 Å². The molecule has 0 aliphatic rings. The summed E-state index contributed by atoms with van der Waals surface area (Å²) >= 11 is 0.